The third-order valence-electron chi connectivity index (χ3n) is 3.63. The number of benzene rings is 1. The van der Waals surface area contributed by atoms with Crippen LogP contribution in [0.15, 0.2) is 24.3 Å². The molecule has 0 bridgehead atoms. The zero-order chi connectivity index (χ0) is 13.7. The fourth-order valence-electron chi connectivity index (χ4n) is 2.36. The Morgan fingerprint density at radius 2 is 1.89 bits per heavy atom. The third kappa shape index (κ3) is 4.24. The average molecular weight is 261 g/mol. The fourth-order valence-corrected chi connectivity index (χ4v) is 2.36. The Labute approximate surface area is 115 Å². The number of urea groups is 1. The van der Waals surface area contributed by atoms with Gasteiger partial charge in [-0.15, -0.1) is 0 Å². The van der Waals surface area contributed by atoms with Crippen LogP contribution in [0.25, 0.3) is 0 Å². The van der Waals surface area contributed by atoms with Crippen molar-refractivity contribution >= 4 is 11.7 Å². The molecule has 0 aliphatic carbocycles. The van der Waals surface area contributed by atoms with Crippen LogP contribution in [0.1, 0.15) is 25.3 Å². The summed E-state index contributed by atoms with van der Waals surface area (Å²) in [5.74, 6) is 0. The highest BCUT2D eigenvalue weighted by atomic mass is 16.2. The number of carbonyl (C=O) groups excluding carboxylic acids is 1. The Morgan fingerprint density at radius 3 is 2.53 bits per heavy atom. The van der Waals surface area contributed by atoms with E-state index in [1.807, 2.05) is 31.2 Å². The molecule has 4 heteroatoms. The molecule has 104 valence electrons. The maximum atomic E-state index is 11.8. The van der Waals surface area contributed by atoms with Crippen LogP contribution in [0, 0.1) is 6.92 Å². The number of aryl methyl sites for hydroxylation is 1. The Hall–Kier alpha value is -1.55. The Bertz CT molecular complexity index is 410. The van der Waals surface area contributed by atoms with Crippen LogP contribution in [0.3, 0.4) is 0 Å². The fraction of sp³-hybridized carbons (Fsp3) is 0.533. The molecule has 1 aliphatic rings. The highest BCUT2D eigenvalue weighted by Crippen LogP contribution is 2.11. The number of likely N-dealkylation sites (tertiary alicyclic amines) is 1. The molecule has 0 aromatic heterocycles. The van der Waals surface area contributed by atoms with Crippen LogP contribution in [-0.4, -0.2) is 36.6 Å². The number of hydrogen-bond acceptors (Lipinski definition) is 2. The first kappa shape index (κ1) is 13.9. The zero-order valence-corrected chi connectivity index (χ0v) is 11.8. The molecule has 19 heavy (non-hydrogen) atoms. The third-order valence-corrected chi connectivity index (χ3v) is 3.63. The number of rotatable bonds is 4. The topological polar surface area (TPSA) is 44.4 Å². The van der Waals surface area contributed by atoms with E-state index >= 15 is 0 Å². The summed E-state index contributed by atoms with van der Waals surface area (Å²) in [5, 5.41) is 5.78. The quantitative estimate of drug-likeness (QED) is 0.875. The van der Waals surface area contributed by atoms with Crippen LogP contribution < -0.4 is 10.6 Å². The van der Waals surface area contributed by atoms with Gasteiger partial charge in [0, 0.05) is 18.3 Å². The predicted molar refractivity (Wildman–Crippen MR) is 78.5 cm³/mol. The lowest BCUT2D eigenvalue weighted by Crippen LogP contribution is -2.42. The number of hydrogen-bond donors (Lipinski definition) is 2. The highest BCUT2D eigenvalue weighted by Gasteiger charge is 2.18. The molecule has 0 spiro atoms. The van der Waals surface area contributed by atoms with E-state index in [1.54, 1.807) is 0 Å². The van der Waals surface area contributed by atoms with Crippen molar-refractivity contribution < 1.29 is 4.79 Å². The van der Waals surface area contributed by atoms with E-state index in [-0.39, 0.29) is 6.03 Å². The molecule has 1 saturated heterocycles. The average Bonchev–Trinajstić information content (AvgIpc) is 2.93. The van der Waals surface area contributed by atoms with E-state index < -0.39 is 0 Å². The Kier molecular flexibility index (Phi) is 4.80. The molecule has 0 radical (unpaired) electrons. The maximum Gasteiger partial charge on any atom is 0.319 e. The zero-order valence-electron chi connectivity index (χ0n) is 11.8. The molecule has 1 aliphatic heterocycles. The summed E-state index contributed by atoms with van der Waals surface area (Å²) in [6.45, 7) is 7.20. The smallest absolute Gasteiger partial charge is 0.319 e. The summed E-state index contributed by atoms with van der Waals surface area (Å²) in [6.07, 6.45) is 2.56. The van der Waals surface area contributed by atoms with Gasteiger partial charge in [0.15, 0.2) is 0 Å². The van der Waals surface area contributed by atoms with E-state index in [0.717, 1.165) is 18.8 Å². The van der Waals surface area contributed by atoms with E-state index in [4.69, 9.17) is 0 Å². The number of nitrogens with one attached hydrogen (secondary N) is 2. The summed E-state index contributed by atoms with van der Waals surface area (Å²) in [5.41, 5.74) is 2.02. The maximum absolute atomic E-state index is 11.8. The number of nitrogens with zero attached hydrogens (tertiary/aromatic N) is 1. The summed E-state index contributed by atoms with van der Waals surface area (Å²) in [6, 6.07) is 8.09. The Morgan fingerprint density at radius 1 is 1.26 bits per heavy atom. The van der Waals surface area contributed by atoms with Crippen LogP contribution in [0.2, 0.25) is 0 Å². The second kappa shape index (κ2) is 6.57. The first-order valence-corrected chi connectivity index (χ1v) is 7.01. The molecule has 1 fully saturated rings. The largest absolute Gasteiger partial charge is 0.336 e. The second-order valence-corrected chi connectivity index (χ2v) is 5.29. The SMILES string of the molecule is Cc1ccc(NC(=O)NCC(C)N2CCCC2)cc1. The van der Waals surface area contributed by atoms with Gasteiger partial charge >= 0.3 is 6.03 Å². The monoisotopic (exact) mass is 261 g/mol. The molecule has 1 aromatic rings. The van der Waals surface area contributed by atoms with Gasteiger partial charge in [0.25, 0.3) is 0 Å². The summed E-state index contributed by atoms with van der Waals surface area (Å²) in [7, 11) is 0. The Balaban J connectivity index is 1.73. The van der Waals surface area contributed by atoms with Gasteiger partial charge in [-0.3, -0.25) is 4.90 Å². The van der Waals surface area contributed by atoms with Crippen molar-refractivity contribution in [2.75, 3.05) is 25.0 Å². The van der Waals surface area contributed by atoms with Crippen molar-refractivity contribution in [3.63, 3.8) is 0 Å². The number of anilines is 1. The predicted octanol–water partition coefficient (Wildman–Crippen LogP) is 2.60. The van der Waals surface area contributed by atoms with Crippen molar-refractivity contribution in [1.82, 2.24) is 10.2 Å². The van der Waals surface area contributed by atoms with Gasteiger partial charge < -0.3 is 10.6 Å². The molecule has 2 amide bonds. The molecular weight excluding hydrogens is 238 g/mol. The second-order valence-electron chi connectivity index (χ2n) is 5.29. The molecule has 0 saturated carbocycles. The lowest BCUT2D eigenvalue weighted by Gasteiger charge is -2.23. The summed E-state index contributed by atoms with van der Waals surface area (Å²) in [4.78, 5) is 14.2. The highest BCUT2D eigenvalue weighted by molar-refractivity contribution is 5.89. The van der Waals surface area contributed by atoms with Crippen molar-refractivity contribution in [3.05, 3.63) is 29.8 Å². The van der Waals surface area contributed by atoms with E-state index in [1.165, 1.54) is 18.4 Å². The van der Waals surface area contributed by atoms with Gasteiger partial charge in [0.1, 0.15) is 0 Å². The van der Waals surface area contributed by atoms with Crippen molar-refractivity contribution in [2.24, 2.45) is 0 Å². The minimum absolute atomic E-state index is 0.130. The summed E-state index contributed by atoms with van der Waals surface area (Å²) < 4.78 is 0. The van der Waals surface area contributed by atoms with Crippen molar-refractivity contribution in [3.8, 4) is 0 Å². The number of amides is 2. The number of carbonyl (C=O) groups is 1. The molecule has 2 rings (SSSR count). The minimum Gasteiger partial charge on any atom is -0.336 e. The van der Waals surface area contributed by atoms with Gasteiger partial charge in [-0.25, -0.2) is 4.79 Å². The minimum atomic E-state index is -0.130. The molecule has 1 atom stereocenters. The van der Waals surface area contributed by atoms with Crippen molar-refractivity contribution in [1.29, 1.82) is 0 Å². The summed E-state index contributed by atoms with van der Waals surface area (Å²) >= 11 is 0. The van der Waals surface area contributed by atoms with E-state index in [9.17, 15) is 4.79 Å². The normalized spacial score (nSPS) is 17.2. The molecule has 1 unspecified atom stereocenters. The lowest BCUT2D eigenvalue weighted by molar-refractivity contribution is 0.234. The van der Waals surface area contributed by atoms with E-state index in [2.05, 4.69) is 22.5 Å². The van der Waals surface area contributed by atoms with Crippen molar-refractivity contribution in [2.45, 2.75) is 32.7 Å². The van der Waals surface area contributed by atoms with Crippen LogP contribution >= 0.6 is 0 Å². The molecule has 2 N–H and O–H groups in total. The molecule has 1 heterocycles. The van der Waals surface area contributed by atoms with E-state index in [0.29, 0.717) is 12.6 Å². The van der Waals surface area contributed by atoms with Gasteiger partial charge in [-0.1, -0.05) is 17.7 Å². The first-order valence-electron chi connectivity index (χ1n) is 7.01. The first-order chi connectivity index (χ1) is 9.15. The molecular formula is C15H23N3O. The lowest BCUT2D eigenvalue weighted by atomic mass is 10.2. The van der Waals surface area contributed by atoms with Crippen LogP contribution in [0.4, 0.5) is 10.5 Å². The van der Waals surface area contributed by atoms with Crippen LogP contribution in [0.5, 0.6) is 0 Å². The van der Waals surface area contributed by atoms with Gasteiger partial charge in [0.2, 0.25) is 0 Å². The van der Waals surface area contributed by atoms with Gasteiger partial charge in [-0.2, -0.15) is 0 Å². The standard InChI is InChI=1S/C15H23N3O/c1-12-5-7-14(8-6-12)17-15(19)16-11-13(2)18-9-3-4-10-18/h5-8,13H,3-4,9-11H2,1-2H3,(H2,16,17,19). The van der Waals surface area contributed by atoms with Gasteiger partial charge in [0.05, 0.1) is 0 Å². The van der Waals surface area contributed by atoms with Gasteiger partial charge in [-0.05, 0) is 51.9 Å². The van der Waals surface area contributed by atoms with Crippen LogP contribution in [-0.2, 0) is 0 Å². The molecule has 4 nitrogen and oxygen atoms in total. The molecule has 1 aromatic carbocycles.